The monoisotopic (exact) mass is 212 g/mol. The molecule has 0 bridgehead atoms. The fraction of sp³-hybridized carbons (Fsp3) is 1.00. The van der Waals surface area contributed by atoms with Gasteiger partial charge < -0.3 is 5.11 Å². The van der Waals surface area contributed by atoms with Gasteiger partial charge in [0.1, 0.15) is 0 Å². The number of aliphatic hydroxyl groups excluding tert-OH is 1. The topological polar surface area (TPSA) is 20.2 Å². The molecule has 1 atom stereocenters. The molecule has 1 rings (SSSR count). The standard InChI is InChI=1S/C14H28O/c1-12(2)8-6-9-14(5,10-7-11-15)13(12,3)4/h15H,6-11H2,1-5H3. The average molecular weight is 212 g/mol. The van der Waals surface area contributed by atoms with Gasteiger partial charge in [0.25, 0.3) is 0 Å². The predicted molar refractivity (Wildman–Crippen MR) is 65.8 cm³/mol. The molecule has 0 radical (unpaired) electrons. The summed E-state index contributed by atoms with van der Waals surface area (Å²) in [5.41, 5.74) is 1.19. The number of hydrogen-bond acceptors (Lipinski definition) is 1. The zero-order valence-corrected chi connectivity index (χ0v) is 11.2. The van der Waals surface area contributed by atoms with Crippen molar-refractivity contribution in [2.45, 2.75) is 66.7 Å². The fourth-order valence-corrected chi connectivity index (χ4v) is 3.27. The normalized spacial score (nSPS) is 34.0. The Morgan fingerprint density at radius 3 is 2.13 bits per heavy atom. The molecular formula is C14H28O. The van der Waals surface area contributed by atoms with Crippen molar-refractivity contribution in [1.82, 2.24) is 0 Å². The number of rotatable bonds is 3. The first-order valence-corrected chi connectivity index (χ1v) is 6.38. The third kappa shape index (κ3) is 2.08. The van der Waals surface area contributed by atoms with E-state index in [1.54, 1.807) is 0 Å². The summed E-state index contributed by atoms with van der Waals surface area (Å²) in [7, 11) is 0. The maximum atomic E-state index is 9.01. The highest BCUT2D eigenvalue weighted by Gasteiger charge is 2.51. The Balaban J connectivity index is 2.87. The molecule has 0 aromatic carbocycles. The summed E-state index contributed by atoms with van der Waals surface area (Å²) >= 11 is 0. The maximum Gasteiger partial charge on any atom is 0.0431 e. The van der Waals surface area contributed by atoms with Crippen LogP contribution in [-0.2, 0) is 0 Å². The number of aliphatic hydroxyl groups is 1. The van der Waals surface area contributed by atoms with Gasteiger partial charge in [-0.1, -0.05) is 41.0 Å². The zero-order chi connectivity index (χ0) is 11.7. The third-order valence-electron chi connectivity index (χ3n) is 5.62. The van der Waals surface area contributed by atoms with Gasteiger partial charge in [-0.3, -0.25) is 0 Å². The van der Waals surface area contributed by atoms with Gasteiger partial charge in [0, 0.05) is 6.61 Å². The quantitative estimate of drug-likeness (QED) is 0.749. The molecule has 0 aromatic heterocycles. The minimum absolute atomic E-state index is 0.339. The Morgan fingerprint density at radius 2 is 1.60 bits per heavy atom. The van der Waals surface area contributed by atoms with Crippen molar-refractivity contribution in [3.63, 3.8) is 0 Å². The first-order chi connectivity index (χ1) is 6.77. The van der Waals surface area contributed by atoms with Gasteiger partial charge in [-0.2, -0.15) is 0 Å². The Morgan fingerprint density at radius 1 is 1.00 bits per heavy atom. The average Bonchev–Trinajstić information content (AvgIpc) is 2.12. The molecule has 1 fully saturated rings. The lowest BCUT2D eigenvalue weighted by Gasteiger charge is -2.58. The molecule has 1 aliphatic carbocycles. The van der Waals surface area contributed by atoms with E-state index in [9.17, 15) is 0 Å². The van der Waals surface area contributed by atoms with Crippen LogP contribution in [0.25, 0.3) is 0 Å². The summed E-state index contributed by atoms with van der Waals surface area (Å²) in [5.74, 6) is 0. The van der Waals surface area contributed by atoms with E-state index < -0.39 is 0 Å². The van der Waals surface area contributed by atoms with E-state index in [0.717, 1.165) is 6.42 Å². The second-order valence-electron chi connectivity index (χ2n) is 6.75. The lowest BCUT2D eigenvalue weighted by Crippen LogP contribution is -2.49. The summed E-state index contributed by atoms with van der Waals surface area (Å²) in [5, 5.41) is 9.01. The van der Waals surface area contributed by atoms with Gasteiger partial charge in [-0.05, 0) is 41.9 Å². The van der Waals surface area contributed by atoms with E-state index in [-0.39, 0.29) is 0 Å². The van der Waals surface area contributed by atoms with E-state index in [0.29, 0.717) is 22.9 Å². The smallest absolute Gasteiger partial charge is 0.0431 e. The van der Waals surface area contributed by atoms with Gasteiger partial charge in [0.05, 0.1) is 0 Å². The Labute approximate surface area is 95.3 Å². The fourth-order valence-electron chi connectivity index (χ4n) is 3.27. The third-order valence-corrected chi connectivity index (χ3v) is 5.62. The number of hydrogen-bond donors (Lipinski definition) is 1. The van der Waals surface area contributed by atoms with Gasteiger partial charge in [0.2, 0.25) is 0 Å². The van der Waals surface area contributed by atoms with Crippen molar-refractivity contribution in [2.24, 2.45) is 16.2 Å². The lowest BCUT2D eigenvalue weighted by molar-refractivity contribution is -0.0831. The second-order valence-corrected chi connectivity index (χ2v) is 6.75. The van der Waals surface area contributed by atoms with Gasteiger partial charge in [0.15, 0.2) is 0 Å². The summed E-state index contributed by atoms with van der Waals surface area (Å²) in [6.45, 7) is 12.4. The van der Waals surface area contributed by atoms with Crippen LogP contribution in [0.4, 0.5) is 0 Å². The van der Waals surface area contributed by atoms with E-state index in [1.165, 1.54) is 25.7 Å². The molecule has 0 aliphatic heterocycles. The van der Waals surface area contributed by atoms with Crippen LogP contribution in [0.5, 0.6) is 0 Å². The minimum atomic E-state index is 0.339. The molecule has 1 unspecified atom stereocenters. The molecule has 1 heteroatoms. The molecule has 15 heavy (non-hydrogen) atoms. The predicted octanol–water partition coefficient (Wildman–Crippen LogP) is 4.00. The minimum Gasteiger partial charge on any atom is -0.396 e. The maximum absolute atomic E-state index is 9.01. The first-order valence-electron chi connectivity index (χ1n) is 6.38. The highest BCUT2D eigenvalue weighted by molar-refractivity contribution is 5.01. The van der Waals surface area contributed by atoms with Gasteiger partial charge in [-0.15, -0.1) is 0 Å². The molecule has 1 nitrogen and oxygen atoms in total. The van der Waals surface area contributed by atoms with E-state index in [4.69, 9.17) is 5.11 Å². The summed E-state index contributed by atoms with van der Waals surface area (Å²) in [6.07, 6.45) is 6.13. The van der Waals surface area contributed by atoms with Crippen molar-refractivity contribution >= 4 is 0 Å². The summed E-state index contributed by atoms with van der Waals surface area (Å²) in [4.78, 5) is 0. The van der Waals surface area contributed by atoms with Crippen molar-refractivity contribution in [2.75, 3.05) is 6.61 Å². The van der Waals surface area contributed by atoms with Crippen LogP contribution < -0.4 is 0 Å². The molecule has 0 amide bonds. The molecule has 0 spiro atoms. The van der Waals surface area contributed by atoms with Gasteiger partial charge in [-0.25, -0.2) is 0 Å². The van der Waals surface area contributed by atoms with Crippen LogP contribution >= 0.6 is 0 Å². The molecule has 90 valence electrons. The molecule has 1 saturated carbocycles. The van der Waals surface area contributed by atoms with Crippen LogP contribution in [0.2, 0.25) is 0 Å². The van der Waals surface area contributed by atoms with E-state index in [2.05, 4.69) is 34.6 Å². The molecule has 1 N–H and O–H groups in total. The zero-order valence-electron chi connectivity index (χ0n) is 11.2. The highest BCUT2D eigenvalue weighted by atomic mass is 16.2. The molecular weight excluding hydrogens is 184 g/mol. The highest BCUT2D eigenvalue weighted by Crippen LogP contribution is 2.61. The SMILES string of the molecule is CC1(C)CCCC(C)(CCCO)C1(C)C. The second kappa shape index (κ2) is 4.08. The Hall–Kier alpha value is -0.0400. The Kier molecular flexibility index (Phi) is 3.55. The van der Waals surface area contributed by atoms with Gasteiger partial charge >= 0.3 is 0 Å². The van der Waals surface area contributed by atoms with Crippen molar-refractivity contribution in [1.29, 1.82) is 0 Å². The van der Waals surface area contributed by atoms with Crippen molar-refractivity contribution in [3.05, 3.63) is 0 Å². The van der Waals surface area contributed by atoms with Crippen LogP contribution in [0.3, 0.4) is 0 Å². The molecule has 0 aromatic rings. The molecule has 1 aliphatic rings. The Bertz CT molecular complexity index is 217. The molecule has 0 saturated heterocycles. The summed E-state index contributed by atoms with van der Waals surface area (Å²) in [6, 6.07) is 0. The van der Waals surface area contributed by atoms with Crippen molar-refractivity contribution in [3.8, 4) is 0 Å². The molecule has 0 heterocycles. The largest absolute Gasteiger partial charge is 0.396 e. The van der Waals surface area contributed by atoms with Crippen LogP contribution in [0, 0.1) is 16.2 Å². The van der Waals surface area contributed by atoms with E-state index in [1.807, 2.05) is 0 Å². The lowest BCUT2D eigenvalue weighted by atomic mass is 9.47. The van der Waals surface area contributed by atoms with Crippen LogP contribution in [0.15, 0.2) is 0 Å². The van der Waals surface area contributed by atoms with E-state index >= 15 is 0 Å². The van der Waals surface area contributed by atoms with Crippen molar-refractivity contribution < 1.29 is 5.11 Å². The van der Waals surface area contributed by atoms with Crippen LogP contribution in [-0.4, -0.2) is 11.7 Å². The summed E-state index contributed by atoms with van der Waals surface area (Å²) < 4.78 is 0. The first kappa shape index (κ1) is 13.0. The van der Waals surface area contributed by atoms with Crippen LogP contribution in [0.1, 0.15) is 66.7 Å².